The Labute approximate surface area is 133 Å². The number of carbonyl (C=O) groups excluding carboxylic acids is 2. The van der Waals surface area contributed by atoms with E-state index in [1.54, 1.807) is 0 Å². The van der Waals surface area contributed by atoms with E-state index < -0.39 is 12.0 Å². The summed E-state index contributed by atoms with van der Waals surface area (Å²) in [7, 11) is 1.44. The number of hydrogen-bond acceptors (Lipinski definition) is 3. The third-order valence-corrected chi connectivity index (χ3v) is 3.08. The van der Waals surface area contributed by atoms with E-state index in [9.17, 15) is 14.7 Å². The first-order valence-electron chi connectivity index (χ1n) is 6.39. The van der Waals surface area contributed by atoms with Crippen molar-refractivity contribution in [2.45, 2.75) is 26.0 Å². The number of carbonyl (C=O) groups is 2. The topological polar surface area (TPSA) is 69.6 Å². The van der Waals surface area contributed by atoms with Gasteiger partial charge in [-0.2, -0.15) is 0 Å². The zero-order valence-corrected chi connectivity index (χ0v) is 13.6. The van der Waals surface area contributed by atoms with Gasteiger partial charge in [0.1, 0.15) is 0 Å². The van der Waals surface area contributed by atoms with Crippen LogP contribution in [-0.4, -0.2) is 41.5 Å². The van der Waals surface area contributed by atoms with Gasteiger partial charge in [0, 0.05) is 23.1 Å². The molecule has 0 aliphatic rings. The molecule has 0 aliphatic heterocycles. The maximum atomic E-state index is 12.1. The second-order valence-corrected chi connectivity index (χ2v) is 5.89. The fourth-order valence-corrected chi connectivity index (χ4v) is 2.29. The Balaban J connectivity index is 2.75. The standard InChI is InChI=1S/C14H18Cl2N2O3/c1-8(2)17-12(19)7-18(3)14(21)13(20)9-4-10(15)6-11(16)5-9/h4-6,8,13,20H,7H2,1-3H3,(H,17,19). The summed E-state index contributed by atoms with van der Waals surface area (Å²) >= 11 is 11.7. The molecule has 1 rings (SSSR count). The Bertz CT molecular complexity index is 515. The summed E-state index contributed by atoms with van der Waals surface area (Å²) in [6, 6.07) is 4.40. The zero-order valence-electron chi connectivity index (χ0n) is 12.1. The monoisotopic (exact) mass is 332 g/mol. The van der Waals surface area contributed by atoms with Crippen LogP contribution < -0.4 is 5.32 Å². The summed E-state index contributed by atoms with van der Waals surface area (Å²) < 4.78 is 0. The molecule has 0 saturated carbocycles. The third kappa shape index (κ3) is 5.53. The smallest absolute Gasteiger partial charge is 0.256 e. The lowest BCUT2D eigenvalue weighted by Gasteiger charge is -2.21. The van der Waals surface area contributed by atoms with Crippen LogP contribution >= 0.6 is 23.2 Å². The molecular formula is C14H18Cl2N2O3. The van der Waals surface area contributed by atoms with Crippen LogP contribution in [0, 0.1) is 0 Å². The van der Waals surface area contributed by atoms with Gasteiger partial charge in [-0.15, -0.1) is 0 Å². The van der Waals surface area contributed by atoms with Crippen molar-refractivity contribution in [3.05, 3.63) is 33.8 Å². The highest BCUT2D eigenvalue weighted by Crippen LogP contribution is 2.24. The maximum Gasteiger partial charge on any atom is 0.256 e. The highest BCUT2D eigenvalue weighted by molar-refractivity contribution is 6.34. The Morgan fingerprint density at radius 2 is 1.76 bits per heavy atom. The highest BCUT2D eigenvalue weighted by atomic mass is 35.5. The minimum Gasteiger partial charge on any atom is -0.378 e. The molecule has 5 nitrogen and oxygen atoms in total. The minimum atomic E-state index is -1.42. The average molecular weight is 333 g/mol. The number of nitrogens with one attached hydrogen (secondary N) is 1. The molecule has 0 saturated heterocycles. The van der Waals surface area contributed by atoms with E-state index in [1.165, 1.54) is 25.2 Å². The molecule has 0 bridgehead atoms. The lowest BCUT2D eigenvalue weighted by atomic mass is 10.1. The molecule has 0 radical (unpaired) electrons. The average Bonchev–Trinajstić information content (AvgIpc) is 2.34. The van der Waals surface area contributed by atoms with Gasteiger partial charge >= 0.3 is 0 Å². The summed E-state index contributed by atoms with van der Waals surface area (Å²) in [6.45, 7) is 3.51. The largest absolute Gasteiger partial charge is 0.378 e. The predicted molar refractivity (Wildman–Crippen MR) is 82.3 cm³/mol. The van der Waals surface area contributed by atoms with Gasteiger partial charge in [0.2, 0.25) is 5.91 Å². The molecule has 0 spiro atoms. The van der Waals surface area contributed by atoms with Crippen LogP contribution in [0.5, 0.6) is 0 Å². The molecule has 2 N–H and O–H groups in total. The molecule has 21 heavy (non-hydrogen) atoms. The Hall–Kier alpha value is -1.30. The molecule has 1 unspecified atom stereocenters. The van der Waals surface area contributed by atoms with Gasteiger partial charge < -0.3 is 15.3 Å². The number of aliphatic hydroxyl groups excluding tert-OH is 1. The SMILES string of the molecule is CC(C)NC(=O)CN(C)C(=O)C(O)c1cc(Cl)cc(Cl)c1. The number of hydrogen-bond donors (Lipinski definition) is 2. The Kier molecular flexibility index (Phi) is 6.45. The molecule has 0 heterocycles. The van der Waals surface area contributed by atoms with Crippen LogP contribution in [0.3, 0.4) is 0 Å². The zero-order chi connectivity index (χ0) is 16.2. The number of likely N-dealkylation sites (N-methyl/N-ethyl adjacent to an activating group) is 1. The molecule has 0 aliphatic carbocycles. The van der Waals surface area contributed by atoms with Crippen molar-refractivity contribution in [2.24, 2.45) is 0 Å². The first-order chi connectivity index (χ1) is 9.70. The normalized spacial score (nSPS) is 12.1. The fraction of sp³-hybridized carbons (Fsp3) is 0.429. The van der Waals surface area contributed by atoms with Crippen LogP contribution in [0.1, 0.15) is 25.5 Å². The van der Waals surface area contributed by atoms with E-state index in [-0.39, 0.29) is 24.1 Å². The fourth-order valence-electron chi connectivity index (χ4n) is 1.75. The number of nitrogens with zero attached hydrogens (tertiary/aromatic N) is 1. The van der Waals surface area contributed by atoms with Gasteiger partial charge in [0.25, 0.3) is 5.91 Å². The highest BCUT2D eigenvalue weighted by Gasteiger charge is 2.23. The third-order valence-electron chi connectivity index (χ3n) is 2.64. The molecule has 1 aromatic carbocycles. The van der Waals surface area contributed by atoms with E-state index in [2.05, 4.69) is 5.32 Å². The van der Waals surface area contributed by atoms with Gasteiger partial charge in [-0.3, -0.25) is 9.59 Å². The van der Waals surface area contributed by atoms with Gasteiger partial charge in [-0.25, -0.2) is 0 Å². The molecule has 1 aromatic rings. The van der Waals surface area contributed by atoms with Crippen molar-refractivity contribution in [3.63, 3.8) is 0 Å². The molecule has 0 aromatic heterocycles. The predicted octanol–water partition coefficient (Wildman–Crippen LogP) is 2.01. The Morgan fingerprint density at radius 3 is 2.24 bits per heavy atom. The summed E-state index contributed by atoms with van der Waals surface area (Å²) in [5.74, 6) is -0.899. The molecule has 116 valence electrons. The minimum absolute atomic E-state index is 0.0161. The van der Waals surface area contributed by atoms with Gasteiger partial charge in [0.15, 0.2) is 6.10 Å². The van der Waals surface area contributed by atoms with Crippen molar-refractivity contribution in [2.75, 3.05) is 13.6 Å². The van der Waals surface area contributed by atoms with Crippen molar-refractivity contribution in [1.29, 1.82) is 0 Å². The van der Waals surface area contributed by atoms with E-state index in [4.69, 9.17) is 23.2 Å². The van der Waals surface area contributed by atoms with Crippen molar-refractivity contribution >= 4 is 35.0 Å². The van der Waals surface area contributed by atoms with Gasteiger partial charge in [-0.05, 0) is 37.6 Å². The quantitative estimate of drug-likeness (QED) is 0.866. The molecule has 7 heteroatoms. The van der Waals surface area contributed by atoms with E-state index in [0.717, 1.165) is 4.90 Å². The summed E-state index contributed by atoms with van der Waals surface area (Å²) in [4.78, 5) is 24.9. The second kappa shape index (κ2) is 7.64. The van der Waals surface area contributed by atoms with Crippen molar-refractivity contribution in [1.82, 2.24) is 10.2 Å². The van der Waals surface area contributed by atoms with Crippen LogP contribution in [0.25, 0.3) is 0 Å². The number of aliphatic hydroxyl groups is 1. The number of halogens is 2. The van der Waals surface area contributed by atoms with Gasteiger partial charge in [-0.1, -0.05) is 23.2 Å². The lowest BCUT2D eigenvalue weighted by Crippen LogP contribution is -2.42. The first kappa shape index (κ1) is 17.8. The molecule has 1 atom stereocenters. The van der Waals surface area contributed by atoms with E-state index >= 15 is 0 Å². The van der Waals surface area contributed by atoms with Crippen LogP contribution in [-0.2, 0) is 9.59 Å². The molecular weight excluding hydrogens is 315 g/mol. The van der Waals surface area contributed by atoms with Crippen LogP contribution in [0.2, 0.25) is 10.0 Å². The lowest BCUT2D eigenvalue weighted by molar-refractivity contribution is -0.142. The number of amides is 2. The van der Waals surface area contributed by atoms with Gasteiger partial charge in [0.05, 0.1) is 6.54 Å². The van der Waals surface area contributed by atoms with E-state index in [1.807, 2.05) is 13.8 Å². The van der Waals surface area contributed by atoms with Crippen LogP contribution in [0.15, 0.2) is 18.2 Å². The van der Waals surface area contributed by atoms with Crippen molar-refractivity contribution < 1.29 is 14.7 Å². The first-order valence-corrected chi connectivity index (χ1v) is 7.14. The maximum absolute atomic E-state index is 12.1. The number of rotatable bonds is 5. The molecule has 0 fully saturated rings. The van der Waals surface area contributed by atoms with Crippen LogP contribution in [0.4, 0.5) is 0 Å². The Morgan fingerprint density at radius 1 is 1.24 bits per heavy atom. The number of benzene rings is 1. The summed E-state index contributed by atoms with van der Waals surface area (Å²) in [5, 5.41) is 13.4. The summed E-state index contributed by atoms with van der Waals surface area (Å²) in [5.41, 5.74) is 0.286. The second-order valence-electron chi connectivity index (χ2n) is 5.02. The molecule has 2 amide bonds. The summed E-state index contributed by atoms with van der Waals surface area (Å²) in [6.07, 6.45) is -1.42. The van der Waals surface area contributed by atoms with E-state index in [0.29, 0.717) is 10.0 Å². The van der Waals surface area contributed by atoms with Crippen molar-refractivity contribution in [3.8, 4) is 0 Å².